The molecule has 3 aromatic rings. The predicted molar refractivity (Wildman–Crippen MR) is 125 cm³/mol. The molecule has 0 radical (unpaired) electrons. The molecule has 2 aromatic carbocycles. The molecule has 1 aromatic heterocycles. The lowest BCUT2D eigenvalue weighted by atomic mass is 9.75. The van der Waals surface area contributed by atoms with Gasteiger partial charge < -0.3 is 10.2 Å². The summed E-state index contributed by atoms with van der Waals surface area (Å²) in [5.41, 5.74) is -0.546. The van der Waals surface area contributed by atoms with Crippen LogP contribution < -0.4 is 0 Å². The van der Waals surface area contributed by atoms with Crippen LogP contribution >= 0.6 is 8.03 Å². The first-order valence-corrected chi connectivity index (χ1v) is 11.4. The quantitative estimate of drug-likeness (QED) is 0.352. The van der Waals surface area contributed by atoms with Crippen molar-refractivity contribution < 1.29 is 28.9 Å². The van der Waals surface area contributed by atoms with Crippen LogP contribution in [-0.2, 0) is 15.0 Å². The molecule has 3 rings (SSSR count). The van der Waals surface area contributed by atoms with Gasteiger partial charge in [-0.2, -0.15) is 4.89 Å². The van der Waals surface area contributed by atoms with Gasteiger partial charge in [-0.15, -0.1) is 6.42 Å². The van der Waals surface area contributed by atoms with Gasteiger partial charge >= 0.3 is 19.2 Å². The SMILES string of the molecule is C#CC(C(=O)O)([P+](=O)O)C(C)(O)c1c(-c2ccc(F)c(C)c2)nc2ccccc2c1C(C)C. The van der Waals surface area contributed by atoms with E-state index in [0.717, 1.165) is 6.92 Å². The fourth-order valence-corrected chi connectivity index (χ4v) is 5.00. The molecule has 0 saturated heterocycles. The summed E-state index contributed by atoms with van der Waals surface area (Å²) < 4.78 is 26.4. The molecule has 0 aliphatic heterocycles. The third-order valence-corrected chi connectivity index (χ3v) is 7.27. The second-order valence-electron chi connectivity index (χ2n) is 8.39. The minimum atomic E-state index is -3.59. The number of terminal acetylenes is 1. The van der Waals surface area contributed by atoms with Crippen LogP contribution in [0.25, 0.3) is 22.2 Å². The van der Waals surface area contributed by atoms with Crippen LogP contribution in [0.1, 0.15) is 43.4 Å². The first-order chi connectivity index (χ1) is 15.4. The van der Waals surface area contributed by atoms with E-state index in [4.69, 9.17) is 6.42 Å². The standard InChI is InChI=1S/C25H23FNO5P/c1-6-25(23(28)29,33(31)32)24(5,30)21-20(14(2)3)17-9-7-8-10-19(17)27-22(21)16-11-12-18(26)15(4)13-16/h1,7-14,30H,2-5H3,(H-,28,29,31,32)/p+1. The van der Waals surface area contributed by atoms with Gasteiger partial charge in [0.25, 0.3) is 0 Å². The van der Waals surface area contributed by atoms with Gasteiger partial charge in [-0.1, -0.05) is 32.0 Å². The van der Waals surface area contributed by atoms with E-state index >= 15 is 0 Å². The third kappa shape index (κ3) is 3.71. The van der Waals surface area contributed by atoms with Gasteiger partial charge in [-0.3, -0.25) is 0 Å². The fraction of sp³-hybridized carbons (Fsp3) is 0.280. The van der Waals surface area contributed by atoms with E-state index in [-0.39, 0.29) is 17.2 Å². The van der Waals surface area contributed by atoms with Gasteiger partial charge in [0.2, 0.25) is 0 Å². The number of hydrogen-bond acceptors (Lipinski definition) is 4. The number of fused-ring (bicyclic) bond motifs is 1. The van der Waals surface area contributed by atoms with Gasteiger partial charge in [0.15, 0.2) is 5.60 Å². The number of aryl methyl sites for hydroxylation is 1. The molecule has 8 heteroatoms. The summed E-state index contributed by atoms with van der Waals surface area (Å²) in [5, 5.41) is 19.5. The Morgan fingerprint density at radius 2 is 1.88 bits per heavy atom. The summed E-state index contributed by atoms with van der Waals surface area (Å²) in [6.07, 6.45) is 5.50. The minimum Gasteiger partial charge on any atom is -0.477 e. The maximum absolute atomic E-state index is 14.0. The number of carboxylic acids is 1. The van der Waals surface area contributed by atoms with Crippen LogP contribution in [0, 0.1) is 25.1 Å². The molecule has 0 fully saturated rings. The first-order valence-electron chi connectivity index (χ1n) is 10.2. The lowest BCUT2D eigenvalue weighted by Gasteiger charge is -2.34. The molecule has 170 valence electrons. The van der Waals surface area contributed by atoms with Crippen LogP contribution in [-0.4, -0.2) is 31.2 Å². The number of carbonyl (C=O) groups is 1. The highest BCUT2D eigenvalue weighted by atomic mass is 31.1. The molecule has 3 atom stereocenters. The Labute approximate surface area is 192 Å². The zero-order valence-electron chi connectivity index (χ0n) is 18.6. The average Bonchev–Trinajstić information content (AvgIpc) is 2.74. The summed E-state index contributed by atoms with van der Waals surface area (Å²) in [7, 11) is -3.59. The molecule has 6 nitrogen and oxygen atoms in total. The van der Waals surface area contributed by atoms with Crippen molar-refractivity contribution in [1.29, 1.82) is 0 Å². The molecule has 0 saturated carbocycles. The molecule has 0 amide bonds. The number of carboxylic acid groups (broad SMARTS) is 1. The van der Waals surface area contributed by atoms with Crippen molar-refractivity contribution in [2.24, 2.45) is 0 Å². The number of halogens is 1. The topological polar surface area (TPSA) is 108 Å². The number of pyridine rings is 1. The zero-order chi connectivity index (χ0) is 24.7. The van der Waals surface area contributed by atoms with Crippen molar-refractivity contribution in [2.75, 3.05) is 0 Å². The molecule has 1 heterocycles. The van der Waals surface area contributed by atoms with Crippen molar-refractivity contribution >= 4 is 24.9 Å². The van der Waals surface area contributed by atoms with E-state index in [2.05, 4.69) is 4.98 Å². The van der Waals surface area contributed by atoms with Crippen LogP contribution in [0.2, 0.25) is 0 Å². The molecular weight excluding hydrogens is 444 g/mol. The largest absolute Gasteiger partial charge is 0.541 e. The van der Waals surface area contributed by atoms with E-state index in [0.29, 0.717) is 27.6 Å². The lowest BCUT2D eigenvalue weighted by molar-refractivity contribution is -0.145. The van der Waals surface area contributed by atoms with Crippen LogP contribution in [0.3, 0.4) is 0 Å². The van der Waals surface area contributed by atoms with Crippen molar-refractivity contribution in [2.45, 2.75) is 44.4 Å². The van der Waals surface area contributed by atoms with Crippen LogP contribution in [0.4, 0.5) is 4.39 Å². The second-order valence-corrected chi connectivity index (χ2v) is 9.61. The minimum absolute atomic E-state index is 0.0139. The second kappa shape index (κ2) is 8.64. The summed E-state index contributed by atoms with van der Waals surface area (Å²) in [5.74, 6) is -0.630. The summed E-state index contributed by atoms with van der Waals surface area (Å²) in [6.45, 7) is 6.37. The highest BCUT2D eigenvalue weighted by Crippen LogP contribution is 2.53. The number of hydrogen-bond donors (Lipinski definition) is 3. The maximum atomic E-state index is 14.0. The lowest BCUT2D eigenvalue weighted by Crippen LogP contribution is -2.53. The Bertz CT molecular complexity index is 1310. The normalized spacial score (nSPS) is 15.5. The van der Waals surface area contributed by atoms with Crippen molar-refractivity contribution in [3.8, 4) is 23.6 Å². The highest BCUT2D eigenvalue weighted by Gasteiger charge is 2.70. The molecule has 0 spiro atoms. The molecule has 3 N–H and O–H groups in total. The number of aromatic nitrogens is 1. The van der Waals surface area contributed by atoms with Gasteiger partial charge in [0.05, 0.1) is 11.2 Å². The predicted octanol–water partition coefficient (Wildman–Crippen LogP) is 4.87. The van der Waals surface area contributed by atoms with Crippen molar-refractivity contribution in [1.82, 2.24) is 4.98 Å². The summed E-state index contributed by atoms with van der Waals surface area (Å²) in [4.78, 5) is 27.0. The smallest absolute Gasteiger partial charge is 0.477 e. The Morgan fingerprint density at radius 3 is 2.39 bits per heavy atom. The Balaban J connectivity index is 2.61. The number of aliphatic hydroxyl groups is 1. The fourth-order valence-electron chi connectivity index (χ4n) is 4.25. The summed E-state index contributed by atoms with van der Waals surface area (Å²) in [6, 6.07) is 11.3. The van der Waals surface area contributed by atoms with E-state index in [1.165, 1.54) is 18.2 Å². The van der Waals surface area contributed by atoms with Gasteiger partial charge in [-0.25, -0.2) is 14.2 Å². The molecular formula is C25H24FNO5P+. The van der Waals surface area contributed by atoms with Crippen molar-refractivity contribution in [3.63, 3.8) is 0 Å². The zero-order valence-corrected chi connectivity index (χ0v) is 19.5. The third-order valence-electron chi connectivity index (χ3n) is 5.94. The van der Waals surface area contributed by atoms with Crippen molar-refractivity contribution in [3.05, 3.63) is 65.0 Å². The molecule has 0 aliphatic rings. The summed E-state index contributed by atoms with van der Waals surface area (Å²) >= 11 is 0. The molecule has 0 bridgehead atoms. The van der Waals surface area contributed by atoms with Crippen LogP contribution in [0.5, 0.6) is 0 Å². The highest BCUT2D eigenvalue weighted by molar-refractivity contribution is 7.42. The molecule has 3 unspecified atom stereocenters. The number of benzene rings is 2. The first kappa shape index (κ1) is 24.5. The van der Waals surface area contributed by atoms with E-state index in [1.807, 2.05) is 19.8 Å². The molecule has 33 heavy (non-hydrogen) atoms. The average molecular weight is 468 g/mol. The number of para-hydroxylation sites is 1. The number of aliphatic carboxylic acids is 1. The van der Waals surface area contributed by atoms with Crippen LogP contribution in [0.15, 0.2) is 42.5 Å². The van der Waals surface area contributed by atoms with Gasteiger partial charge in [0, 0.05) is 16.5 Å². The number of rotatable bonds is 6. The van der Waals surface area contributed by atoms with Gasteiger partial charge in [-0.05, 0) is 65.6 Å². The maximum Gasteiger partial charge on any atom is 0.541 e. The Morgan fingerprint density at radius 1 is 1.24 bits per heavy atom. The van der Waals surface area contributed by atoms with E-state index < -0.39 is 30.6 Å². The Hall–Kier alpha value is -3.17. The van der Waals surface area contributed by atoms with E-state index in [1.54, 1.807) is 31.2 Å². The van der Waals surface area contributed by atoms with E-state index in [9.17, 15) is 28.9 Å². The molecule has 0 aliphatic carbocycles. The monoisotopic (exact) mass is 468 g/mol. The Kier molecular flexibility index (Phi) is 6.41. The van der Waals surface area contributed by atoms with Gasteiger partial charge in [0.1, 0.15) is 5.82 Å². The number of nitrogens with zero attached hydrogens (tertiary/aromatic N) is 1.